The maximum absolute atomic E-state index is 5.52. The Morgan fingerprint density at radius 1 is 2.00 bits per heavy atom. The molecule has 0 saturated carbocycles. The maximum Gasteiger partial charge on any atom is 0.154 e. The van der Waals surface area contributed by atoms with Gasteiger partial charge in [-0.2, -0.15) is 0 Å². The van der Waals surface area contributed by atoms with E-state index in [1.165, 1.54) is 0 Å². The molecule has 0 radical (unpaired) electrons. The van der Waals surface area contributed by atoms with Gasteiger partial charge in [0.05, 0.1) is 6.54 Å². The number of nitrogens with zero attached hydrogens (tertiary/aromatic N) is 1. The minimum absolute atomic E-state index is 0.427. The second kappa shape index (κ2) is 2.60. The number of halogens is 1. The van der Waals surface area contributed by atoms with Crippen LogP contribution in [0.1, 0.15) is 0 Å². The summed E-state index contributed by atoms with van der Waals surface area (Å²) in [5, 5.41) is 1.10. The van der Waals surface area contributed by atoms with Crippen LogP contribution >= 0.6 is 23.4 Å². The fourth-order valence-corrected chi connectivity index (χ4v) is 1.51. The van der Waals surface area contributed by atoms with E-state index in [1.807, 2.05) is 0 Å². The molecule has 0 aromatic rings. The van der Waals surface area contributed by atoms with Crippen LogP contribution in [-0.4, -0.2) is 22.8 Å². The van der Waals surface area contributed by atoms with Crippen molar-refractivity contribution in [2.24, 2.45) is 10.7 Å². The van der Waals surface area contributed by atoms with Crippen molar-refractivity contribution in [2.75, 3.05) is 12.4 Å². The zero-order valence-electron chi connectivity index (χ0n) is 4.30. The first kappa shape index (κ1) is 6.23. The second-order valence-electron chi connectivity index (χ2n) is 1.57. The molecule has 0 amide bonds. The normalized spacial score (nSPS) is 28.1. The van der Waals surface area contributed by atoms with Crippen LogP contribution < -0.4 is 5.73 Å². The molecule has 1 unspecified atom stereocenters. The molecule has 1 rings (SSSR count). The quantitative estimate of drug-likeness (QED) is 0.558. The van der Waals surface area contributed by atoms with Gasteiger partial charge >= 0.3 is 0 Å². The lowest BCUT2D eigenvalue weighted by atomic mass is 10.5. The largest absolute Gasteiger partial charge is 0.379 e. The average molecular weight is 151 g/mol. The highest BCUT2D eigenvalue weighted by molar-refractivity contribution is 8.14. The van der Waals surface area contributed by atoms with Gasteiger partial charge < -0.3 is 5.73 Å². The van der Waals surface area contributed by atoms with E-state index < -0.39 is 0 Å². The molecule has 0 spiro atoms. The molecule has 46 valence electrons. The summed E-state index contributed by atoms with van der Waals surface area (Å²) in [6.07, 6.45) is 0. The smallest absolute Gasteiger partial charge is 0.154 e. The molecule has 1 heterocycles. The number of amidine groups is 1. The highest BCUT2D eigenvalue weighted by Gasteiger charge is 2.14. The van der Waals surface area contributed by atoms with Crippen LogP contribution in [0.4, 0.5) is 0 Å². The van der Waals surface area contributed by atoms with Crippen molar-refractivity contribution >= 4 is 28.5 Å². The molecule has 0 saturated heterocycles. The van der Waals surface area contributed by atoms with E-state index in [9.17, 15) is 0 Å². The van der Waals surface area contributed by atoms with Crippen LogP contribution in [0.5, 0.6) is 0 Å². The third-order valence-corrected chi connectivity index (χ3v) is 2.49. The van der Waals surface area contributed by atoms with Gasteiger partial charge in [0.25, 0.3) is 0 Å². The summed E-state index contributed by atoms with van der Waals surface area (Å²) in [4.78, 5) is 3.96. The van der Waals surface area contributed by atoms with Crippen molar-refractivity contribution in [3.63, 3.8) is 0 Å². The highest BCUT2D eigenvalue weighted by atomic mass is 35.5. The van der Waals surface area contributed by atoms with Gasteiger partial charge in [-0.3, -0.25) is 4.99 Å². The molecule has 1 aliphatic rings. The van der Waals surface area contributed by atoms with E-state index in [-0.39, 0.29) is 0 Å². The van der Waals surface area contributed by atoms with Crippen molar-refractivity contribution in [1.29, 1.82) is 0 Å². The number of thioether (sulfide) groups is 1. The molecule has 0 aromatic heterocycles. The standard InChI is InChI=1S/C4H7ClN2S/c5-1-3-2-7-4(6)8-3/h3H,1-2H2,(H2,6,7). The zero-order valence-corrected chi connectivity index (χ0v) is 5.87. The monoisotopic (exact) mass is 150 g/mol. The van der Waals surface area contributed by atoms with Crippen LogP contribution in [0.2, 0.25) is 0 Å². The zero-order chi connectivity index (χ0) is 5.98. The van der Waals surface area contributed by atoms with Crippen LogP contribution in [0.15, 0.2) is 4.99 Å². The molecule has 1 aliphatic heterocycles. The molecule has 8 heavy (non-hydrogen) atoms. The second-order valence-corrected chi connectivity index (χ2v) is 3.20. The van der Waals surface area contributed by atoms with Crippen molar-refractivity contribution in [2.45, 2.75) is 5.25 Å². The van der Waals surface area contributed by atoms with Crippen LogP contribution in [0, 0.1) is 0 Å². The van der Waals surface area contributed by atoms with Gasteiger partial charge in [0.1, 0.15) is 0 Å². The van der Waals surface area contributed by atoms with E-state index in [0.29, 0.717) is 16.3 Å². The summed E-state index contributed by atoms with van der Waals surface area (Å²) in [6, 6.07) is 0. The van der Waals surface area contributed by atoms with Gasteiger partial charge in [-0.25, -0.2) is 0 Å². The first-order chi connectivity index (χ1) is 3.83. The number of rotatable bonds is 1. The Hall–Kier alpha value is 0.110. The molecule has 4 heteroatoms. The Balaban J connectivity index is 2.32. The molecule has 0 aliphatic carbocycles. The Morgan fingerprint density at radius 2 is 2.75 bits per heavy atom. The van der Waals surface area contributed by atoms with Gasteiger partial charge in [0, 0.05) is 11.1 Å². The van der Waals surface area contributed by atoms with E-state index in [0.717, 1.165) is 6.54 Å². The predicted octanol–water partition coefficient (Wildman–Crippen LogP) is 0.655. The molecule has 2 nitrogen and oxygen atoms in total. The Bertz CT molecular complexity index is 115. The number of nitrogens with two attached hydrogens (primary N) is 1. The van der Waals surface area contributed by atoms with Crippen molar-refractivity contribution < 1.29 is 0 Å². The van der Waals surface area contributed by atoms with Gasteiger partial charge in [0.2, 0.25) is 0 Å². The van der Waals surface area contributed by atoms with Gasteiger partial charge in [0.15, 0.2) is 5.17 Å². The Kier molecular flexibility index (Phi) is 2.02. The Labute approximate surface area is 57.5 Å². The molecule has 0 bridgehead atoms. The van der Waals surface area contributed by atoms with E-state index in [1.54, 1.807) is 11.8 Å². The number of hydrogen-bond acceptors (Lipinski definition) is 3. The summed E-state index contributed by atoms with van der Waals surface area (Å²) in [5.74, 6) is 0.648. The van der Waals surface area contributed by atoms with Crippen molar-refractivity contribution in [3.8, 4) is 0 Å². The SMILES string of the molecule is NC1=NCC(CCl)S1. The van der Waals surface area contributed by atoms with E-state index in [4.69, 9.17) is 17.3 Å². The van der Waals surface area contributed by atoms with Gasteiger partial charge in [-0.15, -0.1) is 11.6 Å². The summed E-state index contributed by atoms with van der Waals surface area (Å²) >= 11 is 7.08. The molecular weight excluding hydrogens is 144 g/mol. The number of aliphatic imine (C=N–C) groups is 1. The Morgan fingerprint density at radius 3 is 3.00 bits per heavy atom. The predicted molar refractivity (Wildman–Crippen MR) is 38.6 cm³/mol. The third-order valence-electron chi connectivity index (χ3n) is 0.910. The minimum atomic E-state index is 0.427. The lowest BCUT2D eigenvalue weighted by molar-refractivity contribution is 0.982. The van der Waals surface area contributed by atoms with Gasteiger partial charge in [-0.1, -0.05) is 11.8 Å². The first-order valence-electron chi connectivity index (χ1n) is 2.35. The van der Waals surface area contributed by atoms with Crippen molar-refractivity contribution in [3.05, 3.63) is 0 Å². The summed E-state index contributed by atoms with van der Waals surface area (Å²) in [5.41, 5.74) is 5.36. The first-order valence-corrected chi connectivity index (χ1v) is 3.77. The topological polar surface area (TPSA) is 38.4 Å². The molecule has 1 atom stereocenters. The molecule has 0 fully saturated rings. The third kappa shape index (κ3) is 1.29. The molecule has 0 aromatic carbocycles. The maximum atomic E-state index is 5.52. The number of hydrogen-bond donors (Lipinski definition) is 1. The molecular formula is C4H7ClN2S. The highest BCUT2D eigenvalue weighted by Crippen LogP contribution is 2.18. The summed E-state index contributed by atoms with van der Waals surface area (Å²) < 4.78 is 0. The number of alkyl halides is 1. The summed E-state index contributed by atoms with van der Waals surface area (Å²) in [7, 11) is 0. The average Bonchev–Trinajstić information content (AvgIpc) is 2.14. The fourth-order valence-electron chi connectivity index (χ4n) is 0.517. The van der Waals surface area contributed by atoms with Crippen LogP contribution in [0.25, 0.3) is 0 Å². The fraction of sp³-hybridized carbons (Fsp3) is 0.750. The van der Waals surface area contributed by atoms with E-state index in [2.05, 4.69) is 4.99 Å². The summed E-state index contributed by atoms with van der Waals surface area (Å²) in [6.45, 7) is 0.792. The lowest BCUT2D eigenvalue weighted by Crippen LogP contribution is -2.07. The van der Waals surface area contributed by atoms with Gasteiger partial charge in [-0.05, 0) is 0 Å². The van der Waals surface area contributed by atoms with Crippen LogP contribution in [0.3, 0.4) is 0 Å². The van der Waals surface area contributed by atoms with Crippen molar-refractivity contribution in [1.82, 2.24) is 0 Å². The van der Waals surface area contributed by atoms with Crippen LogP contribution in [-0.2, 0) is 0 Å². The van der Waals surface area contributed by atoms with E-state index >= 15 is 0 Å². The minimum Gasteiger partial charge on any atom is -0.379 e. The molecule has 2 N–H and O–H groups in total. The lowest BCUT2D eigenvalue weighted by Gasteiger charge is -1.97.